The highest BCUT2D eigenvalue weighted by Gasteiger charge is 2.05. The minimum absolute atomic E-state index is 0.172. The quantitative estimate of drug-likeness (QED) is 0.485. The fourth-order valence-electron chi connectivity index (χ4n) is 0.640. The van der Waals surface area contributed by atoms with Gasteiger partial charge in [0.05, 0.1) is 0 Å². The Kier molecular flexibility index (Phi) is 2.14. The second-order valence-corrected chi connectivity index (χ2v) is 3.16. The number of hydrogen-bond acceptors (Lipinski definition) is 1. The van der Waals surface area contributed by atoms with Gasteiger partial charge in [0.15, 0.2) is 7.85 Å². The molecule has 0 fully saturated rings. The third kappa shape index (κ3) is 5.60. The van der Waals surface area contributed by atoms with Crippen molar-refractivity contribution in [1.82, 2.24) is 5.32 Å². The third-order valence-electron chi connectivity index (χ3n) is 0.588. The average molecular weight is 111 g/mol. The number of hydrogen-bond donors (Lipinski definition) is 1. The first-order valence-corrected chi connectivity index (χ1v) is 2.85. The molecule has 0 heterocycles. The van der Waals surface area contributed by atoms with Crippen LogP contribution in [0.25, 0.3) is 0 Å². The van der Waals surface area contributed by atoms with Gasteiger partial charge < -0.3 is 5.32 Å². The summed E-state index contributed by atoms with van der Waals surface area (Å²) in [5.74, 6) is 0. The van der Waals surface area contributed by atoms with Crippen LogP contribution in [-0.2, 0) is 0 Å². The molecule has 1 nitrogen and oxygen atoms in total. The Balaban J connectivity index is 3.55. The van der Waals surface area contributed by atoms with Crippen molar-refractivity contribution in [3.63, 3.8) is 0 Å². The van der Waals surface area contributed by atoms with E-state index in [1.54, 1.807) is 0 Å². The first-order valence-electron chi connectivity index (χ1n) is 2.85. The Labute approximate surface area is 52.6 Å². The van der Waals surface area contributed by atoms with Gasteiger partial charge in [-0.3, -0.25) is 0 Å². The molecule has 0 aliphatic heterocycles. The van der Waals surface area contributed by atoms with E-state index in [2.05, 4.69) is 32.7 Å². The first kappa shape index (κ1) is 7.60. The van der Waals surface area contributed by atoms with Gasteiger partial charge in [-0.1, -0.05) is 6.58 Å². The van der Waals surface area contributed by atoms with Crippen LogP contribution in [0.3, 0.4) is 0 Å². The summed E-state index contributed by atoms with van der Waals surface area (Å²) in [4.78, 5) is 0. The molecule has 8 heavy (non-hydrogen) atoms. The predicted molar refractivity (Wildman–Crippen MR) is 40.6 cm³/mol. The van der Waals surface area contributed by atoms with E-state index in [9.17, 15) is 0 Å². The van der Waals surface area contributed by atoms with Gasteiger partial charge in [-0.25, -0.2) is 0 Å². The van der Waals surface area contributed by atoms with Crippen molar-refractivity contribution in [1.29, 1.82) is 0 Å². The molecule has 0 saturated carbocycles. The van der Waals surface area contributed by atoms with Gasteiger partial charge in [0.2, 0.25) is 0 Å². The predicted octanol–water partition coefficient (Wildman–Crippen LogP) is 0.479. The molecule has 0 radical (unpaired) electrons. The van der Waals surface area contributed by atoms with E-state index < -0.39 is 0 Å². The lowest BCUT2D eigenvalue weighted by Gasteiger charge is -2.21. The molecular weight excluding hydrogens is 96.9 g/mol. The summed E-state index contributed by atoms with van der Waals surface area (Å²) in [6.07, 6.45) is 0. The molecule has 0 bridgehead atoms. The molecule has 0 aromatic carbocycles. The second kappa shape index (κ2) is 2.25. The van der Waals surface area contributed by atoms with Crippen LogP contribution in [0.5, 0.6) is 0 Å². The van der Waals surface area contributed by atoms with Crippen molar-refractivity contribution < 1.29 is 0 Å². The van der Waals surface area contributed by atoms with Crippen molar-refractivity contribution in [2.45, 2.75) is 26.3 Å². The van der Waals surface area contributed by atoms with Gasteiger partial charge in [0.1, 0.15) is 0 Å². The van der Waals surface area contributed by atoms with Crippen LogP contribution in [0.1, 0.15) is 20.8 Å². The smallest absolute Gasteiger partial charge is 0.159 e. The Hall–Kier alpha value is -0.395. The van der Waals surface area contributed by atoms with E-state index in [0.29, 0.717) is 0 Å². The summed E-state index contributed by atoms with van der Waals surface area (Å²) in [6.45, 7) is 10.1. The van der Waals surface area contributed by atoms with Gasteiger partial charge in [0, 0.05) is 5.54 Å². The summed E-state index contributed by atoms with van der Waals surface area (Å²) in [7, 11) is 1.96. The van der Waals surface area contributed by atoms with E-state index in [1.165, 1.54) is 0 Å². The molecule has 0 aromatic rings. The number of rotatable bonds is 1. The van der Waals surface area contributed by atoms with E-state index >= 15 is 0 Å². The summed E-state index contributed by atoms with van der Waals surface area (Å²) >= 11 is 0. The van der Waals surface area contributed by atoms with Crippen LogP contribution < -0.4 is 5.32 Å². The van der Waals surface area contributed by atoms with Crippen molar-refractivity contribution in [3.8, 4) is 0 Å². The van der Waals surface area contributed by atoms with Crippen LogP contribution in [-0.4, -0.2) is 13.4 Å². The van der Waals surface area contributed by atoms with Crippen molar-refractivity contribution in [2.75, 3.05) is 0 Å². The molecule has 0 aromatic heterocycles. The molecule has 0 unspecified atom stereocenters. The SMILES string of the molecule is BC(=C)NC(C)(C)C. The van der Waals surface area contributed by atoms with E-state index in [-0.39, 0.29) is 5.54 Å². The van der Waals surface area contributed by atoms with Crippen LogP contribution >= 0.6 is 0 Å². The lowest BCUT2D eigenvalue weighted by Crippen LogP contribution is -2.34. The van der Waals surface area contributed by atoms with Gasteiger partial charge in [-0.15, -0.1) is 0 Å². The summed E-state index contributed by atoms with van der Waals surface area (Å²) < 4.78 is 0. The molecule has 0 rings (SSSR count). The monoisotopic (exact) mass is 111 g/mol. The maximum absolute atomic E-state index is 3.73. The summed E-state index contributed by atoms with van der Waals surface area (Å²) in [6, 6.07) is 0. The molecular formula is C6H14BN. The van der Waals surface area contributed by atoms with Gasteiger partial charge >= 0.3 is 0 Å². The molecule has 1 N–H and O–H groups in total. The average Bonchev–Trinajstić information content (AvgIpc) is 1.21. The van der Waals surface area contributed by atoms with Gasteiger partial charge in [-0.05, 0) is 26.4 Å². The molecule has 0 atom stereocenters. The fourth-order valence-corrected chi connectivity index (χ4v) is 0.640. The lowest BCUT2D eigenvalue weighted by molar-refractivity contribution is 0.486. The topological polar surface area (TPSA) is 12.0 Å². The maximum atomic E-state index is 3.73. The van der Waals surface area contributed by atoms with E-state index in [4.69, 9.17) is 0 Å². The van der Waals surface area contributed by atoms with Crippen molar-refractivity contribution in [2.24, 2.45) is 0 Å². The second-order valence-electron chi connectivity index (χ2n) is 3.16. The Morgan fingerprint density at radius 3 is 1.88 bits per heavy atom. The molecule has 0 aliphatic rings. The standard InChI is InChI=1S/C6H14BN/c1-5(7)8-6(2,3)4/h8H,1,7H2,2-4H3. The summed E-state index contributed by atoms with van der Waals surface area (Å²) in [5.41, 5.74) is 1.20. The van der Waals surface area contributed by atoms with Crippen LogP contribution in [0.15, 0.2) is 12.2 Å². The van der Waals surface area contributed by atoms with E-state index in [0.717, 1.165) is 5.60 Å². The fraction of sp³-hybridized carbons (Fsp3) is 0.667. The third-order valence-corrected chi connectivity index (χ3v) is 0.588. The van der Waals surface area contributed by atoms with Crippen LogP contribution in [0.4, 0.5) is 0 Å². The lowest BCUT2D eigenvalue weighted by atomic mass is 10.0. The normalized spacial score (nSPS) is 10.9. The molecule has 0 saturated heterocycles. The minimum atomic E-state index is 0.172. The van der Waals surface area contributed by atoms with Gasteiger partial charge in [-0.2, -0.15) is 0 Å². The summed E-state index contributed by atoms with van der Waals surface area (Å²) in [5, 5.41) is 3.19. The molecule has 46 valence electrons. The zero-order valence-electron chi connectivity index (χ0n) is 6.21. The molecule has 2 heteroatoms. The zero-order valence-corrected chi connectivity index (χ0v) is 6.21. The largest absolute Gasteiger partial charge is 0.393 e. The Morgan fingerprint density at radius 1 is 1.50 bits per heavy atom. The minimum Gasteiger partial charge on any atom is -0.393 e. The Morgan fingerprint density at radius 2 is 1.88 bits per heavy atom. The molecule has 0 spiro atoms. The van der Waals surface area contributed by atoms with Gasteiger partial charge in [0.25, 0.3) is 0 Å². The highest BCUT2D eigenvalue weighted by molar-refractivity contribution is 6.20. The van der Waals surface area contributed by atoms with Crippen molar-refractivity contribution in [3.05, 3.63) is 12.2 Å². The zero-order chi connectivity index (χ0) is 6.78. The highest BCUT2D eigenvalue weighted by atomic mass is 14.9. The highest BCUT2D eigenvalue weighted by Crippen LogP contribution is 1.98. The van der Waals surface area contributed by atoms with E-state index in [1.807, 2.05) is 7.85 Å². The first-order chi connectivity index (χ1) is 3.42. The molecule has 0 amide bonds. The van der Waals surface area contributed by atoms with Crippen LogP contribution in [0.2, 0.25) is 0 Å². The number of nitrogens with one attached hydrogen (secondary N) is 1. The Bertz CT molecular complexity index is 91.2. The van der Waals surface area contributed by atoms with Crippen LogP contribution in [0, 0.1) is 0 Å². The molecule has 0 aliphatic carbocycles. The van der Waals surface area contributed by atoms with Crippen molar-refractivity contribution >= 4 is 7.85 Å². The maximum Gasteiger partial charge on any atom is 0.159 e.